The number of thiophene rings is 1. The van der Waals surface area contributed by atoms with Gasteiger partial charge in [0.25, 0.3) is 5.56 Å². The molecule has 0 aliphatic heterocycles. The fraction of sp³-hybridized carbons (Fsp3) is 0.278. The molecule has 0 radical (unpaired) electrons. The molecule has 0 amide bonds. The first-order chi connectivity index (χ1) is 12.7. The lowest BCUT2D eigenvalue weighted by molar-refractivity contribution is 0.626. The largest absolute Gasteiger partial charge is 0.273 e. The van der Waals surface area contributed by atoms with Gasteiger partial charge < -0.3 is 0 Å². The Hall–Kier alpha value is -2.19. The van der Waals surface area contributed by atoms with Gasteiger partial charge in [-0.2, -0.15) is 0 Å². The fourth-order valence-corrected chi connectivity index (χ4v) is 4.66. The molecule has 0 N–H and O–H groups in total. The Morgan fingerprint density at radius 2 is 2.00 bits per heavy atom. The van der Waals surface area contributed by atoms with Crippen LogP contribution in [-0.4, -0.2) is 24.9 Å². The summed E-state index contributed by atoms with van der Waals surface area (Å²) in [5, 5.41) is 11.3. The van der Waals surface area contributed by atoms with Gasteiger partial charge in [-0.1, -0.05) is 37.2 Å². The molecule has 1 aromatic carbocycles. The molecular weight excluding hydrogens is 371 g/mol. The van der Waals surface area contributed by atoms with E-state index in [-0.39, 0.29) is 11.4 Å². The third kappa shape index (κ3) is 3.03. The number of rotatable bonds is 6. The Labute approximate surface area is 157 Å². The van der Waals surface area contributed by atoms with Crippen molar-refractivity contribution in [1.29, 1.82) is 0 Å². The highest BCUT2D eigenvalue weighted by Gasteiger charge is 2.17. The van der Waals surface area contributed by atoms with E-state index < -0.39 is 0 Å². The number of unbranched alkanes of at least 4 members (excludes halogenated alkanes) is 1. The van der Waals surface area contributed by atoms with Crippen molar-refractivity contribution in [2.24, 2.45) is 0 Å². The summed E-state index contributed by atoms with van der Waals surface area (Å²) in [5.74, 6) is 1.18. The van der Waals surface area contributed by atoms with E-state index >= 15 is 0 Å². The van der Waals surface area contributed by atoms with Crippen molar-refractivity contribution < 1.29 is 4.39 Å². The number of fused-ring (bicyclic) bond motifs is 3. The molecule has 5 nitrogen and oxygen atoms in total. The van der Waals surface area contributed by atoms with Gasteiger partial charge in [-0.25, -0.2) is 4.39 Å². The monoisotopic (exact) mass is 388 g/mol. The van der Waals surface area contributed by atoms with Gasteiger partial charge in [0.05, 0.1) is 12.1 Å². The third-order valence-electron chi connectivity index (χ3n) is 4.17. The first-order valence-electron chi connectivity index (χ1n) is 8.41. The van der Waals surface area contributed by atoms with Gasteiger partial charge in [-0.15, -0.1) is 21.5 Å². The molecule has 0 saturated carbocycles. The summed E-state index contributed by atoms with van der Waals surface area (Å²) >= 11 is 3.07. The van der Waals surface area contributed by atoms with Crippen molar-refractivity contribution in [1.82, 2.24) is 19.2 Å². The number of halogens is 1. The van der Waals surface area contributed by atoms with E-state index in [1.54, 1.807) is 28.5 Å². The normalized spacial score (nSPS) is 11.6. The van der Waals surface area contributed by atoms with Crippen LogP contribution in [0.5, 0.6) is 0 Å². The van der Waals surface area contributed by atoms with Crippen LogP contribution in [0, 0.1) is 5.82 Å². The van der Waals surface area contributed by atoms with E-state index in [1.165, 1.54) is 23.5 Å². The Kier molecular flexibility index (Phi) is 4.78. The van der Waals surface area contributed by atoms with Crippen molar-refractivity contribution in [3.8, 4) is 0 Å². The zero-order valence-corrected chi connectivity index (χ0v) is 15.8. The second kappa shape index (κ2) is 7.20. The highest BCUT2D eigenvalue weighted by molar-refractivity contribution is 7.99. The summed E-state index contributed by atoms with van der Waals surface area (Å²) in [5.41, 5.74) is 1.59. The maximum atomic E-state index is 13.2. The predicted molar refractivity (Wildman–Crippen MR) is 104 cm³/mol. The van der Waals surface area contributed by atoms with Crippen molar-refractivity contribution in [3.05, 3.63) is 57.4 Å². The van der Waals surface area contributed by atoms with Gasteiger partial charge in [0, 0.05) is 5.75 Å². The van der Waals surface area contributed by atoms with Crippen LogP contribution in [0.2, 0.25) is 0 Å². The lowest BCUT2D eigenvalue weighted by Crippen LogP contribution is -2.23. The Bertz CT molecular complexity index is 1110. The number of thioether (sulfide) groups is 1. The van der Waals surface area contributed by atoms with Crippen LogP contribution in [-0.2, 0) is 6.54 Å². The number of hydrogen-bond donors (Lipinski definition) is 0. The molecule has 26 heavy (non-hydrogen) atoms. The summed E-state index contributed by atoms with van der Waals surface area (Å²) in [4.78, 5) is 13.0. The predicted octanol–water partition coefficient (Wildman–Crippen LogP) is 4.19. The Morgan fingerprint density at radius 1 is 1.19 bits per heavy atom. The highest BCUT2D eigenvalue weighted by atomic mass is 32.2. The molecule has 134 valence electrons. The average Bonchev–Trinajstić information content (AvgIpc) is 3.27. The zero-order chi connectivity index (χ0) is 18.1. The number of aromatic nitrogens is 4. The number of hydrogen-bond acceptors (Lipinski definition) is 5. The average molecular weight is 388 g/mol. The number of nitrogens with zero attached hydrogens (tertiary/aromatic N) is 4. The molecule has 0 aliphatic rings. The van der Waals surface area contributed by atoms with Crippen LogP contribution in [0.4, 0.5) is 4.39 Å². The molecule has 3 heterocycles. The molecule has 0 unspecified atom stereocenters. The zero-order valence-electron chi connectivity index (χ0n) is 14.2. The molecule has 8 heteroatoms. The molecular formula is C18H17FN4OS2. The van der Waals surface area contributed by atoms with Crippen molar-refractivity contribution in [3.63, 3.8) is 0 Å². The minimum atomic E-state index is -0.294. The van der Waals surface area contributed by atoms with Crippen LogP contribution >= 0.6 is 23.1 Å². The quantitative estimate of drug-likeness (QED) is 0.367. The van der Waals surface area contributed by atoms with Gasteiger partial charge >= 0.3 is 0 Å². The first kappa shape index (κ1) is 17.2. The molecule has 4 aromatic rings. The van der Waals surface area contributed by atoms with Crippen molar-refractivity contribution >= 4 is 39.1 Å². The van der Waals surface area contributed by atoms with E-state index in [0.717, 1.165) is 34.8 Å². The lowest BCUT2D eigenvalue weighted by Gasteiger charge is -2.09. The third-order valence-corrected chi connectivity index (χ3v) is 6.07. The summed E-state index contributed by atoms with van der Waals surface area (Å²) in [6, 6.07) is 8.10. The van der Waals surface area contributed by atoms with Gasteiger partial charge in [0.15, 0.2) is 5.16 Å². The van der Waals surface area contributed by atoms with Gasteiger partial charge in [0.1, 0.15) is 10.5 Å². The highest BCUT2D eigenvalue weighted by Crippen LogP contribution is 2.25. The summed E-state index contributed by atoms with van der Waals surface area (Å²) in [7, 11) is 0. The van der Waals surface area contributed by atoms with Crippen LogP contribution in [0.1, 0.15) is 25.3 Å². The minimum absolute atomic E-state index is 0.0932. The van der Waals surface area contributed by atoms with Gasteiger partial charge in [0.2, 0.25) is 5.78 Å². The SMILES string of the molecule is CCCCSc1nnc2n(Cc3ccc(F)cc3)c(=O)c3sccc3n12. The van der Waals surface area contributed by atoms with E-state index in [0.29, 0.717) is 17.0 Å². The second-order valence-corrected chi connectivity index (χ2v) is 7.95. The van der Waals surface area contributed by atoms with E-state index in [1.807, 2.05) is 15.8 Å². The van der Waals surface area contributed by atoms with E-state index in [2.05, 4.69) is 17.1 Å². The molecule has 3 aromatic heterocycles. The van der Waals surface area contributed by atoms with Crippen LogP contribution in [0.3, 0.4) is 0 Å². The van der Waals surface area contributed by atoms with Crippen molar-refractivity contribution in [2.45, 2.75) is 31.5 Å². The molecule has 0 atom stereocenters. The van der Waals surface area contributed by atoms with E-state index in [9.17, 15) is 9.18 Å². The van der Waals surface area contributed by atoms with Crippen LogP contribution in [0.25, 0.3) is 16.0 Å². The Morgan fingerprint density at radius 3 is 2.77 bits per heavy atom. The summed E-state index contributed by atoms with van der Waals surface area (Å²) in [6.45, 7) is 2.48. The van der Waals surface area contributed by atoms with Crippen molar-refractivity contribution in [2.75, 3.05) is 5.75 Å². The maximum Gasteiger partial charge on any atom is 0.273 e. The first-order valence-corrected chi connectivity index (χ1v) is 10.3. The molecule has 4 rings (SSSR count). The second-order valence-electron chi connectivity index (χ2n) is 5.97. The fourth-order valence-electron chi connectivity index (χ4n) is 2.82. The molecule has 0 aliphatic carbocycles. The number of benzene rings is 1. The smallest absolute Gasteiger partial charge is 0.271 e. The molecule has 0 fully saturated rings. The maximum absolute atomic E-state index is 13.2. The molecule has 0 saturated heterocycles. The lowest BCUT2D eigenvalue weighted by atomic mass is 10.2. The van der Waals surface area contributed by atoms with Gasteiger partial charge in [-0.05, 0) is 35.6 Å². The minimum Gasteiger partial charge on any atom is -0.271 e. The van der Waals surface area contributed by atoms with Crippen LogP contribution < -0.4 is 5.56 Å². The molecule has 0 bridgehead atoms. The topological polar surface area (TPSA) is 52.2 Å². The van der Waals surface area contributed by atoms with E-state index in [4.69, 9.17) is 0 Å². The van der Waals surface area contributed by atoms with Crippen LogP contribution in [0.15, 0.2) is 45.7 Å². The summed E-state index contributed by atoms with van der Waals surface area (Å²) in [6.07, 6.45) is 2.22. The molecule has 0 spiro atoms. The summed E-state index contributed by atoms with van der Waals surface area (Å²) < 4.78 is 17.4. The van der Waals surface area contributed by atoms with Gasteiger partial charge in [-0.3, -0.25) is 13.8 Å². The standard InChI is InChI=1S/C18H17FN4OS2/c1-2-3-9-26-18-21-20-17-22(11-12-4-6-13(19)7-5-12)16(24)15-14(23(17)18)8-10-25-15/h4-8,10H,2-3,9,11H2,1H3. The Balaban J connectivity index is 1.86.